The third kappa shape index (κ3) is 5.42. The quantitative estimate of drug-likeness (QED) is 0.745. The first-order valence-corrected chi connectivity index (χ1v) is 6.51. The van der Waals surface area contributed by atoms with E-state index >= 15 is 0 Å². The Morgan fingerprint density at radius 2 is 2.28 bits per heavy atom. The monoisotopic (exact) mass is 270 g/mol. The van der Waals surface area contributed by atoms with Gasteiger partial charge in [0.1, 0.15) is 17.3 Å². The van der Waals surface area contributed by atoms with Gasteiger partial charge >= 0.3 is 0 Å². The lowest BCUT2D eigenvalue weighted by Gasteiger charge is -2.12. The van der Waals surface area contributed by atoms with E-state index < -0.39 is 0 Å². The van der Waals surface area contributed by atoms with Gasteiger partial charge < -0.3 is 11.1 Å². The van der Waals surface area contributed by atoms with Crippen LogP contribution in [0.15, 0.2) is 12.4 Å². The zero-order valence-corrected chi connectivity index (χ0v) is 11.3. The van der Waals surface area contributed by atoms with E-state index in [1.807, 2.05) is 0 Å². The fourth-order valence-electron chi connectivity index (χ4n) is 1.73. The summed E-state index contributed by atoms with van der Waals surface area (Å²) in [5, 5.41) is 3.01. The predicted octanol–water partition coefficient (Wildman–Crippen LogP) is 2.22. The molecule has 0 aromatic carbocycles. The molecule has 3 N–H and O–H groups in total. The molecule has 0 radical (unpaired) electrons. The molecular weight excluding hydrogens is 252 g/mol. The molecule has 1 amide bonds. The molecule has 0 aliphatic carbocycles. The number of nitrogens with one attached hydrogen (secondary N) is 1. The lowest BCUT2D eigenvalue weighted by Crippen LogP contribution is -2.15. The first-order chi connectivity index (χ1) is 8.65. The summed E-state index contributed by atoms with van der Waals surface area (Å²) in [6.45, 7) is 2.78. The maximum absolute atomic E-state index is 11.7. The van der Waals surface area contributed by atoms with E-state index in [4.69, 9.17) is 17.3 Å². The van der Waals surface area contributed by atoms with Crippen LogP contribution in [0, 0.1) is 5.92 Å². The molecule has 0 aliphatic rings. The number of anilines is 1. The van der Waals surface area contributed by atoms with E-state index in [9.17, 15) is 4.79 Å². The topological polar surface area (TPSA) is 80.9 Å². The van der Waals surface area contributed by atoms with Crippen molar-refractivity contribution in [2.24, 2.45) is 11.7 Å². The van der Waals surface area contributed by atoms with Crippen LogP contribution in [-0.2, 0) is 4.79 Å². The molecule has 0 saturated heterocycles. The van der Waals surface area contributed by atoms with E-state index in [1.54, 1.807) is 0 Å². The van der Waals surface area contributed by atoms with Gasteiger partial charge in [-0.15, -0.1) is 0 Å². The maximum Gasteiger partial charge on any atom is 0.225 e. The molecule has 1 unspecified atom stereocenters. The molecule has 6 heteroatoms. The number of hydrogen-bond acceptors (Lipinski definition) is 4. The van der Waals surface area contributed by atoms with E-state index in [2.05, 4.69) is 22.2 Å². The van der Waals surface area contributed by atoms with E-state index in [-0.39, 0.29) is 5.91 Å². The Morgan fingerprint density at radius 3 is 2.89 bits per heavy atom. The number of halogens is 1. The van der Waals surface area contributed by atoms with Crippen molar-refractivity contribution in [2.45, 2.75) is 32.6 Å². The summed E-state index contributed by atoms with van der Waals surface area (Å²) in [4.78, 5) is 19.4. The van der Waals surface area contributed by atoms with E-state index in [0.29, 0.717) is 29.9 Å². The van der Waals surface area contributed by atoms with Gasteiger partial charge in [-0.2, -0.15) is 0 Å². The van der Waals surface area contributed by atoms with Crippen LogP contribution in [0.5, 0.6) is 0 Å². The third-order valence-corrected chi connectivity index (χ3v) is 3.04. The molecular formula is C12H19ClN4O. The molecule has 0 saturated carbocycles. The van der Waals surface area contributed by atoms with Crippen LogP contribution in [0.3, 0.4) is 0 Å². The Hall–Kier alpha value is -1.20. The van der Waals surface area contributed by atoms with Gasteiger partial charge in [0.15, 0.2) is 0 Å². The van der Waals surface area contributed by atoms with Crippen molar-refractivity contribution in [1.82, 2.24) is 9.97 Å². The number of aromatic nitrogens is 2. The molecule has 0 fully saturated rings. The second-order valence-corrected chi connectivity index (χ2v) is 4.55. The summed E-state index contributed by atoms with van der Waals surface area (Å²) in [6, 6.07) is 1.52. The van der Waals surface area contributed by atoms with Crippen molar-refractivity contribution in [1.29, 1.82) is 0 Å². The average molecular weight is 271 g/mol. The Morgan fingerprint density at radius 1 is 1.50 bits per heavy atom. The number of rotatable bonds is 7. The van der Waals surface area contributed by atoms with Crippen molar-refractivity contribution in [2.75, 3.05) is 11.9 Å². The summed E-state index contributed by atoms with van der Waals surface area (Å²) in [5.74, 6) is 0.891. The van der Waals surface area contributed by atoms with Crippen LogP contribution in [0.4, 0.5) is 5.82 Å². The molecule has 1 rings (SSSR count). The smallest absolute Gasteiger partial charge is 0.225 e. The first-order valence-electron chi connectivity index (χ1n) is 6.13. The van der Waals surface area contributed by atoms with Crippen molar-refractivity contribution < 1.29 is 4.79 Å². The molecule has 0 bridgehead atoms. The second-order valence-electron chi connectivity index (χ2n) is 4.16. The number of nitrogens with two attached hydrogens (primary N) is 1. The van der Waals surface area contributed by atoms with Crippen LogP contribution in [-0.4, -0.2) is 22.4 Å². The fourth-order valence-corrected chi connectivity index (χ4v) is 1.88. The Balaban J connectivity index is 2.37. The molecule has 1 atom stereocenters. The van der Waals surface area contributed by atoms with Gasteiger partial charge in [0.2, 0.25) is 5.91 Å². The van der Waals surface area contributed by atoms with Crippen LogP contribution in [0.25, 0.3) is 0 Å². The first kappa shape index (κ1) is 14.9. The van der Waals surface area contributed by atoms with Gasteiger partial charge in [-0.05, 0) is 25.3 Å². The minimum Gasteiger partial charge on any atom is -0.330 e. The summed E-state index contributed by atoms with van der Waals surface area (Å²) in [6.07, 6.45) is 4.65. The number of hydrogen-bond donors (Lipinski definition) is 2. The van der Waals surface area contributed by atoms with Gasteiger partial charge in [-0.1, -0.05) is 24.9 Å². The van der Waals surface area contributed by atoms with Crippen molar-refractivity contribution in [3.8, 4) is 0 Å². The molecule has 1 aromatic rings. The molecule has 1 heterocycles. The third-order valence-electron chi connectivity index (χ3n) is 2.83. The van der Waals surface area contributed by atoms with Crippen molar-refractivity contribution in [3.05, 3.63) is 17.5 Å². The SMILES string of the molecule is CCC(CCN)CCC(=O)Nc1cc(Cl)ncn1. The Bertz CT molecular complexity index is 386. The summed E-state index contributed by atoms with van der Waals surface area (Å²) in [7, 11) is 0. The van der Waals surface area contributed by atoms with Crippen LogP contribution in [0.2, 0.25) is 5.15 Å². The molecule has 5 nitrogen and oxygen atoms in total. The Kier molecular flexibility index (Phi) is 6.60. The van der Waals surface area contributed by atoms with Crippen LogP contribution >= 0.6 is 11.6 Å². The number of carbonyl (C=O) groups is 1. The zero-order valence-electron chi connectivity index (χ0n) is 10.5. The van der Waals surface area contributed by atoms with Gasteiger partial charge in [-0.25, -0.2) is 9.97 Å². The summed E-state index contributed by atoms with van der Waals surface area (Å²) < 4.78 is 0. The molecule has 0 aliphatic heterocycles. The second kappa shape index (κ2) is 8.00. The highest BCUT2D eigenvalue weighted by Gasteiger charge is 2.09. The molecule has 1 aromatic heterocycles. The number of nitrogens with zero attached hydrogens (tertiary/aromatic N) is 2. The van der Waals surface area contributed by atoms with E-state index in [0.717, 1.165) is 19.3 Å². The van der Waals surface area contributed by atoms with Crippen molar-refractivity contribution in [3.63, 3.8) is 0 Å². The highest BCUT2D eigenvalue weighted by molar-refractivity contribution is 6.29. The molecule has 18 heavy (non-hydrogen) atoms. The molecule has 0 spiro atoms. The minimum atomic E-state index is -0.0553. The van der Waals surface area contributed by atoms with Crippen LogP contribution in [0.1, 0.15) is 32.6 Å². The predicted molar refractivity (Wildman–Crippen MR) is 72.4 cm³/mol. The van der Waals surface area contributed by atoms with Gasteiger partial charge in [0.25, 0.3) is 0 Å². The van der Waals surface area contributed by atoms with Crippen molar-refractivity contribution >= 4 is 23.3 Å². The normalized spacial score (nSPS) is 12.2. The fraction of sp³-hybridized carbons (Fsp3) is 0.583. The maximum atomic E-state index is 11.7. The van der Waals surface area contributed by atoms with Gasteiger partial charge in [-0.3, -0.25) is 4.79 Å². The standard InChI is InChI=1S/C12H19ClN4O/c1-2-9(5-6-14)3-4-12(18)17-11-7-10(13)15-8-16-11/h7-9H,2-6,14H2,1H3,(H,15,16,17,18). The lowest BCUT2D eigenvalue weighted by molar-refractivity contribution is -0.116. The Labute approximate surface area is 112 Å². The largest absolute Gasteiger partial charge is 0.330 e. The van der Waals surface area contributed by atoms with E-state index in [1.165, 1.54) is 12.4 Å². The van der Waals surface area contributed by atoms with Gasteiger partial charge in [0.05, 0.1) is 0 Å². The lowest BCUT2D eigenvalue weighted by atomic mass is 9.96. The molecule has 100 valence electrons. The zero-order chi connectivity index (χ0) is 13.4. The highest BCUT2D eigenvalue weighted by atomic mass is 35.5. The summed E-state index contributed by atoms with van der Waals surface area (Å²) >= 11 is 5.70. The number of carbonyl (C=O) groups excluding carboxylic acids is 1. The highest BCUT2D eigenvalue weighted by Crippen LogP contribution is 2.15. The minimum absolute atomic E-state index is 0.0553. The van der Waals surface area contributed by atoms with Crippen LogP contribution < -0.4 is 11.1 Å². The number of amides is 1. The average Bonchev–Trinajstić information content (AvgIpc) is 2.34. The van der Waals surface area contributed by atoms with Gasteiger partial charge in [0, 0.05) is 12.5 Å². The summed E-state index contributed by atoms with van der Waals surface area (Å²) in [5.41, 5.74) is 5.52.